The van der Waals surface area contributed by atoms with Crippen LogP contribution < -0.4 is 10.1 Å². The van der Waals surface area contributed by atoms with Crippen molar-refractivity contribution in [3.8, 4) is 5.75 Å². The van der Waals surface area contributed by atoms with E-state index in [-0.39, 0.29) is 24.4 Å². The molecule has 0 aliphatic heterocycles. The normalized spacial score (nSPS) is 22.7. The molecule has 1 fully saturated rings. The maximum Gasteiger partial charge on any atom is 0.253 e. The summed E-state index contributed by atoms with van der Waals surface area (Å²) in [6, 6.07) is 9.73. The van der Waals surface area contributed by atoms with Gasteiger partial charge >= 0.3 is 0 Å². The van der Waals surface area contributed by atoms with Gasteiger partial charge in [-0.05, 0) is 48.9 Å². The van der Waals surface area contributed by atoms with Gasteiger partial charge in [-0.15, -0.1) is 0 Å². The molecule has 1 aromatic heterocycles. The van der Waals surface area contributed by atoms with Crippen molar-refractivity contribution >= 4 is 5.91 Å². The van der Waals surface area contributed by atoms with Gasteiger partial charge in [0.15, 0.2) is 0 Å². The van der Waals surface area contributed by atoms with Gasteiger partial charge in [0.2, 0.25) is 0 Å². The molecule has 0 unspecified atom stereocenters. The molecule has 1 amide bonds. The van der Waals surface area contributed by atoms with Crippen LogP contribution in [-0.4, -0.2) is 16.9 Å². The van der Waals surface area contributed by atoms with Gasteiger partial charge < -0.3 is 10.1 Å². The van der Waals surface area contributed by atoms with E-state index in [9.17, 15) is 9.18 Å². The summed E-state index contributed by atoms with van der Waals surface area (Å²) in [4.78, 5) is 16.8. The molecule has 0 radical (unpaired) electrons. The first kappa shape index (κ1) is 18.4. The zero-order chi connectivity index (χ0) is 18.5. The minimum atomic E-state index is -0.339. The van der Waals surface area contributed by atoms with Crippen molar-refractivity contribution in [2.45, 2.75) is 45.8 Å². The van der Waals surface area contributed by atoms with E-state index in [1.165, 1.54) is 18.6 Å². The average Bonchev–Trinajstić information content (AvgIpc) is 2.63. The van der Waals surface area contributed by atoms with Crippen LogP contribution >= 0.6 is 0 Å². The van der Waals surface area contributed by atoms with Crippen LogP contribution in [0.2, 0.25) is 0 Å². The molecule has 0 bridgehead atoms. The monoisotopic (exact) mass is 356 g/mol. The van der Waals surface area contributed by atoms with Crippen LogP contribution in [0.5, 0.6) is 5.75 Å². The largest absolute Gasteiger partial charge is 0.487 e. The van der Waals surface area contributed by atoms with Crippen LogP contribution in [0.4, 0.5) is 4.39 Å². The van der Waals surface area contributed by atoms with E-state index in [1.807, 2.05) is 0 Å². The topological polar surface area (TPSA) is 51.2 Å². The quantitative estimate of drug-likeness (QED) is 0.866. The molecule has 5 heteroatoms. The molecule has 1 N–H and O–H groups in total. The lowest BCUT2D eigenvalue weighted by Gasteiger charge is -2.33. The number of nitrogens with one attached hydrogen (secondary N) is 1. The van der Waals surface area contributed by atoms with Crippen molar-refractivity contribution in [1.29, 1.82) is 0 Å². The molecular weight excluding hydrogens is 331 g/mol. The Morgan fingerprint density at radius 2 is 2.12 bits per heavy atom. The minimum Gasteiger partial charge on any atom is -0.487 e. The number of benzene rings is 1. The third-order valence-electron chi connectivity index (χ3n) is 5.04. The molecule has 1 saturated carbocycles. The van der Waals surface area contributed by atoms with Crippen LogP contribution in [0.3, 0.4) is 0 Å². The summed E-state index contributed by atoms with van der Waals surface area (Å²) >= 11 is 0. The Kier molecular flexibility index (Phi) is 5.86. The van der Waals surface area contributed by atoms with E-state index in [4.69, 9.17) is 4.74 Å². The van der Waals surface area contributed by atoms with Gasteiger partial charge in [0.1, 0.15) is 18.2 Å². The van der Waals surface area contributed by atoms with Crippen LogP contribution in [0, 0.1) is 17.7 Å². The van der Waals surface area contributed by atoms with Crippen LogP contribution in [0.25, 0.3) is 0 Å². The summed E-state index contributed by atoms with van der Waals surface area (Å²) in [7, 11) is 0. The third kappa shape index (κ3) is 4.81. The summed E-state index contributed by atoms with van der Waals surface area (Å²) in [6.07, 6.45) is 4.98. The highest BCUT2D eigenvalue weighted by Crippen LogP contribution is 2.28. The number of nitrogens with zero attached hydrogens (tertiary/aromatic N) is 1. The number of hydrogen-bond donors (Lipinski definition) is 1. The van der Waals surface area contributed by atoms with Crippen LogP contribution in [0.1, 0.15) is 49.2 Å². The molecule has 3 rings (SSSR count). The summed E-state index contributed by atoms with van der Waals surface area (Å²) < 4.78 is 18.7. The maximum atomic E-state index is 13.1. The fourth-order valence-electron chi connectivity index (χ4n) is 3.34. The van der Waals surface area contributed by atoms with E-state index in [0.29, 0.717) is 28.8 Å². The van der Waals surface area contributed by atoms with E-state index < -0.39 is 0 Å². The second-order valence-corrected chi connectivity index (χ2v) is 7.26. The molecule has 0 spiro atoms. The first-order valence-electron chi connectivity index (χ1n) is 9.15. The number of carbonyl (C=O) groups is 1. The lowest BCUT2D eigenvalue weighted by molar-refractivity contribution is 0.0898. The van der Waals surface area contributed by atoms with Crippen molar-refractivity contribution in [2.75, 3.05) is 0 Å². The number of aromatic nitrogens is 1. The highest BCUT2D eigenvalue weighted by atomic mass is 19.1. The molecule has 138 valence electrons. The molecule has 0 saturated heterocycles. The van der Waals surface area contributed by atoms with Gasteiger partial charge in [0.25, 0.3) is 5.91 Å². The van der Waals surface area contributed by atoms with Crippen molar-refractivity contribution < 1.29 is 13.9 Å². The molecule has 4 nitrogen and oxygen atoms in total. The molecule has 1 aliphatic rings. The zero-order valence-electron chi connectivity index (χ0n) is 15.2. The smallest absolute Gasteiger partial charge is 0.253 e. The molecule has 2 aromatic rings. The van der Waals surface area contributed by atoms with Crippen LogP contribution in [0.15, 0.2) is 42.6 Å². The van der Waals surface area contributed by atoms with E-state index in [2.05, 4.69) is 24.1 Å². The van der Waals surface area contributed by atoms with Gasteiger partial charge in [-0.3, -0.25) is 9.78 Å². The minimum absolute atomic E-state index is 0.0824. The lowest BCUT2D eigenvalue weighted by atomic mass is 9.80. The lowest BCUT2D eigenvalue weighted by Crippen LogP contribution is -2.42. The fraction of sp³-hybridized carbons (Fsp3) is 0.429. The standard InChI is InChI=1S/C21H25FN2O2/c1-14-6-7-15(2)20(10-14)24-21(25)16-8-9-18(23-12-16)13-26-19-5-3-4-17(22)11-19/h3-5,8-9,11-12,14-15,20H,6-7,10,13H2,1-2H3,(H,24,25)/t14-,15+,20+/m0/s1. The average molecular weight is 356 g/mol. The summed E-state index contributed by atoms with van der Waals surface area (Å²) in [6.45, 7) is 4.66. The number of amides is 1. The number of hydrogen-bond acceptors (Lipinski definition) is 3. The first-order valence-corrected chi connectivity index (χ1v) is 9.15. The van der Waals surface area contributed by atoms with Gasteiger partial charge in [0.05, 0.1) is 11.3 Å². The van der Waals surface area contributed by atoms with Crippen molar-refractivity contribution in [2.24, 2.45) is 11.8 Å². The highest BCUT2D eigenvalue weighted by molar-refractivity contribution is 5.94. The van der Waals surface area contributed by atoms with E-state index >= 15 is 0 Å². The first-order chi connectivity index (χ1) is 12.5. The number of pyridine rings is 1. The Hall–Kier alpha value is -2.43. The van der Waals surface area contributed by atoms with Gasteiger partial charge in [-0.2, -0.15) is 0 Å². The second kappa shape index (κ2) is 8.30. The number of ether oxygens (including phenoxy) is 1. The van der Waals surface area contributed by atoms with Crippen LogP contribution in [-0.2, 0) is 6.61 Å². The van der Waals surface area contributed by atoms with E-state index in [0.717, 1.165) is 12.8 Å². The van der Waals surface area contributed by atoms with Crippen molar-refractivity contribution in [1.82, 2.24) is 10.3 Å². The zero-order valence-corrected chi connectivity index (χ0v) is 15.2. The summed E-state index contributed by atoms with van der Waals surface area (Å²) in [5, 5.41) is 3.15. The Morgan fingerprint density at radius 1 is 1.27 bits per heavy atom. The summed E-state index contributed by atoms with van der Waals surface area (Å²) in [5.74, 6) is 1.18. The number of carbonyl (C=O) groups excluding carboxylic acids is 1. The Bertz CT molecular complexity index is 748. The fourth-order valence-corrected chi connectivity index (χ4v) is 3.34. The van der Waals surface area contributed by atoms with E-state index in [1.54, 1.807) is 30.5 Å². The third-order valence-corrected chi connectivity index (χ3v) is 5.04. The SMILES string of the molecule is C[C@H]1CC[C@@H](C)[C@H](NC(=O)c2ccc(COc3cccc(F)c3)nc2)C1. The summed E-state index contributed by atoms with van der Waals surface area (Å²) in [5.41, 5.74) is 1.23. The maximum absolute atomic E-state index is 13.1. The Morgan fingerprint density at radius 3 is 2.85 bits per heavy atom. The Labute approximate surface area is 153 Å². The van der Waals surface area contributed by atoms with Gasteiger partial charge in [-0.25, -0.2) is 4.39 Å². The van der Waals surface area contributed by atoms with Gasteiger partial charge in [0, 0.05) is 18.3 Å². The highest BCUT2D eigenvalue weighted by Gasteiger charge is 2.27. The predicted molar refractivity (Wildman–Crippen MR) is 98.4 cm³/mol. The van der Waals surface area contributed by atoms with Crippen molar-refractivity contribution in [3.05, 3.63) is 59.7 Å². The molecular formula is C21H25FN2O2. The predicted octanol–water partition coefficient (Wildman–Crippen LogP) is 4.35. The number of rotatable bonds is 5. The molecule has 1 heterocycles. The Balaban J connectivity index is 1.55. The van der Waals surface area contributed by atoms with Crippen molar-refractivity contribution in [3.63, 3.8) is 0 Å². The molecule has 1 aliphatic carbocycles. The molecule has 1 aromatic carbocycles. The second-order valence-electron chi connectivity index (χ2n) is 7.26. The van der Waals surface area contributed by atoms with Gasteiger partial charge in [-0.1, -0.05) is 26.3 Å². The number of halogens is 1. The molecule has 3 atom stereocenters. The molecule has 26 heavy (non-hydrogen) atoms.